The zero-order chi connectivity index (χ0) is 10.1. The molecule has 0 N–H and O–H groups in total. The van der Waals surface area contributed by atoms with Crippen molar-refractivity contribution in [1.82, 2.24) is 0 Å². The standard InChI is InChI=1S/C12H14ClN.ClH/c1-8-9(2)14-12(7-13)11-6-4-3-5-10(8)11;/h3-6,8-9H,7H2,1-2H3;1H/t8-,9-;/m0./s1. The average molecular weight is 244 g/mol. The molecule has 15 heavy (non-hydrogen) atoms. The van der Waals surface area contributed by atoms with E-state index < -0.39 is 0 Å². The zero-order valence-corrected chi connectivity index (χ0v) is 10.5. The summed E-state index contributed by atoms with van der Waals surface area (Å²) in [6, 6.07) is 8.76. The lowest BCUT2D eigenvalue weighted by atomic mass is 9.86. The second-order valence-electron chi connectivity index (χ2n) is 3.83. The van der Waals surface area contributed by atoms with Crippen molar-refractivity contribution in [2.75, 3.05) is 5.88 Å². The SMILES string of the molecule is C[C@@H]1N=C(CCl)c2ccccc2[C@H]1C.Cl. The summed E-state index contributed by atoms with van der Waals surface area (Å²) in [6.07, 6.45) is 0. The lowest BCUT2D eigenvalue weighted by Crippen LogP contribution is -2.23. The van der Waals surface area contributed by atoms with E-state index >= 15 is 0 Å². The van der Waals surface area contributed by atoms with E-state index in [4.69, 9.17) is 11.6 Å². The van der Waals surface area contributed by atoms with E-state index in [2.05, 4.69) is 37.0 Å². The normalized spacial score (nSPS) is 23.8. The topological polar surface area (TPSA) is 12.4 Å². The van der Waals surface area contributed by atoms with Gasteiger partial charge in [0.25, 0.3) is 0 Å². The minimum absolute atomic E-state index is 0. The van der Waals surface area contributed by atoms with Crippen LogP contribution in [0.4, 0.5) is 0 Å². The molecule has 1 aliphatic rings. The summed E-state index contributed by atoms with van der Waals surface area (Å²) in [7, 11) is 0. The van der Waals surface area contributed by atoms with Crippen molar-refractivity contribution in [3.05, 3.63) is 35.4 Å². The number of fused-ring (bicyclic) bond motifs is 1. The molecular formula is C12H15Cl2N. The Bertz CT molecular complexity index is 374. The van der Waals surface area contributed by atoms with E-state index in [0.717, 1.165) is 5.71 Å². The molecule has 82 valence electrons. The van der Waals surface area contributed by atoms with Gasteiger partial charge >= 0.3 is 0 Å². The van der Waals surface area contributed by atoms with Gasteiger partial charge in [0.2, 0.25) is 0 Å². The minimum Gasteiger partial charge on any atom is -0.284 e. The number of hydrogen-bond donors (Lipinski definition) is 0. The maximum atomic E-state index is 5.89. The molecule has 1 aliphatic heterocycles. The summed E-state index contributed by atoms with van der Waals surface area (Å²) in [6.45, 7) is 4.37. The highest BCUT2D eigenvalue weighted by Crippen LogP contribution is 2.30. The highest BCUT2D eigenvalue weighted by molar-refractivity contribution is 6.32. The van der Waals surface area contributed by atoms with Gasteiger partial charge in [-0.25, -0.2) is 0 Å². The van der Waals surface area contributed by atoms with Gasteiger partial charge in [0, 0.05) is 11.5 Å². The summed E-state index contributed by atoms with van der Waals surface area (Å²) >= 11 is 5.89. The van der Waals surface area contributed by atoms with Crippen LogP contribution in [-0.2, 0) is 0 Å². The van der Waals surface area contributed by atoms with Crippen molar-refractivity contribution in [2.24, 2.45) is 4.99 Å². The Kier molecular flexibility index (Phi) is 4.18. The maximum absolute atomic E-state index is 5.89. The van der Waals surface area contributed by atoms with E-state index in [1.54, 1.807) is 0 Å². The number of benzene rings is 1. The molecule has 3 heteroatoms. The Morgan fingerprint density at radius 2 is 1.93 bits per heavy atom. The number of rotatable bonds is 1. The molecular weight excluding hydrogens is 229 g/mol. The zero-order valence-electron chi connectivity index (χ0n) is 8.90. The lowest BCUT2D eigenvalue weighted by Gasteiger charge is -2.26. The second-order valence-corrected chi connectivity index (χ2v) is 4.09. The van der Waals surface area contributed by atoms with Crippen molar-refractivity contribution < 1.29 is 0 Å². The molecule has 0 fully saturated rings. The Morgan fingerprint density at radius 3 is 2.60 bits per heavy atom. The molecule has 0 spiro atoms. The van der Waals surface area contributed by atoms with Crippen LogP contribution in [0.2, 0.25) is 0 Å². The molecule has 0 saturated heterocycles. The summed E-state index contributed by atoms with van der Waals surface area (Å²) in [4.78, 5) is 4.61. The van der Waals surface area contributed by atoms with Crippen LogP contribution in [0.25, 0.3) is 0 Å². The van der Waals surface area contributed by atoms with Crippen LogP contribution in [0.15, 0.2) is 29.3 Å². The average Bonchev–Trinajstić information content (AvgIpc) is 2.23. The fourth-order valence-electron chi connectivity index (χ4n) is 1.95. The Labute approximate surface area is 102 Å². The predicted octanol–water partition coefficient (Wildman–Crippen LogP) is 3.64. The maximum Gasteiger partial charge on any atom is 0.0649 e. The molecule has 1 aromatic carbocycles. The summed E-state index contributed by atoms with van der Waals surface area (Å²) in [5.74, 6) is 1.01. The third kappa shape index (κ3) is 2.19. The van der Waals surface area contributed by atoms with E-state index in [1.165, 1.54) is 11.1 Å². The molecule has 0 amide bonds. The molecule has 0 aromatic heterocycles. The second kappa shape index (κ2) is 5.00. The van der Waals surface area contributed by atoms with Gasteiger partial charge in [-0.05, 0) is 12.5 Å². The van der Waals surface area contributed by atoms with E-state index in [1.807, 2.05) is 6.07 Å². The van der Waals surface area contributed by atoms with Gasteiger partial charge in [-0.2, -0.15) is 0 Å². The van der Waals surface area contributed by atoms with Crippen molar-refractivity contribution in [3.8, 4) is 0 Å². The van der Waals surface area contributed by atoms with Gasteiger partial charge in [-0.1, -0.05) is 31.2 Å². The third-order valence-electron chi connectivity index (χ3n) is 2.97. The van der Waals surface area contributed by atoms with Gasteiger partial charge in [0.1, 0.15) is 0 Å². The first-order valence-corrected chi connectivity index (χ1v) is 5.49. The molecule has 1 nitrogen and oxygen atoms in total. The van der Waals surface area contributed by atoms with Crippen molar-refractivity contribution in [1.29, 1.82) is 0 Å². The van der Waals surface area contributed by atoms with Gasteiger partial charge in [0.15, 0.2) is 0 Å². The molecule has 0 bridgehead atoms. The summed E-state index contributed by atoms with van der Waals surface area (Å²) in [5, 5.41) is 0. The van der Waals surface area contributed by atoms with Gasteiger partial charge in [0.05, 0.1) is 17.6 Å². The van der Waals surface area contributed by atoms with Crippen LogP contribution >= 0.6 is 24.0 Å². The highest BCUT2D eigenvalue weighted by atomic mass is 35.5. The van der Waals surface area contributed by atoms with Gasteiger partial charge < -0.3 is 0 Å². The van der Waals surface area contributed by atoms with Crippen molar-refractivity contribution in [2.45, 2.75) is 25.8 Å². The lowest BCUT2D eigenvalue weighted by molar-refractivity contribution is 0.605. The molecule has 1 heterocycles. The molecule has 0 aliphatic carbocycles. The number of nitrogens with zero attached hydrogens (tertiary/aromatic N) is 1. The number of halogens is 2. The molecule has 0 unspecified atom stereocenters. The number of hydrogen-bond acceptors (Lipinski definition) is 1. The van der Waals surface area contributed by atoms with Crippen LogP contribution < -0.4 is 0 Å². The third-order valence-corrected chi connectivity index (χ3v) is 3.23. The van der Waals surface area contributed by atoms with E-state index in [9.17, 15) is 0 Å². The first kappa shape index (κ1) is 12.5. The predicted molar refractivity (Wildman–Crippen MR) is 68.8 cm³/mol. The summed E-state index contributed by atoms with van der Waals surface area (Å²) < 4.78 is 0. The minimum atomic E-state index is 0. The Hall–Kier alpha value is -0.530. The van der Waals surface area contributed by atoms with E-state index in [0.29, 0.717) is 17.8 Å². The fraction of sp³-hybridized carbons (Fsp3) is 0.417. The highest BCUT2D eigenvalue weighted by Gasteiger charge is 2.23. The van der Waals surface area contributed by atoms with Crippen LogP contribution in [0.1, 0.15) is 30.9 Å². The number of aliphatic imine (C=N–C) groups is 1. The molecule has 2 atom stereocenters. The fourth-order valence-corrected chi connectivity index (χ4v) is 2.16. The van der Waals surface area contributed by atoms with Gasteiger partial charge in [-0.15, -0.1) is 24.0 Å². The molecule has 0 radical (unpaired) electrons. The van der Waals surface area contributed by atoms with Crippen LogP contribution in [0.5, 0.6) is 0 Å². The quantitative estimate of drug-likeness (QED) is 0.669. The van der Waals surface area contributed by atoms with Crippen molar-refractivity contribution >= 4 is 29.7 Å². The molecule has 0 saturated carbocycles. The molecule has 1 aromatic rings. The Balaban J connectivity index is 0.00000112. The smallest absolute Gasteiger partial charge is 0.0649 e. The molecule has 2 rings (SSSR count). The van der Waals surface area contributed by atoms with Crippen LogP contribution in [0.3, 0.4) is 0 Å². The monoisotopic (exact) mass is 243 g/mol. The van der Waals surface area contributed by atoms with E-state index in [-0.39, 0.29) is 12.4 Å². The number of alkyl halides is 1. The van der Waals surface area contributed by atoms with Crippen LogP contribution in [0, 0.1) is 0 Å². The summed E-state index contributed by atoms with van der Waals surface area (Å²) in [5.41, 5.74) is 3.65. The largest absolute Gasteiger partial charge is 0.284 e. The van der Waals surface area contributed by atoms with Gasteiger partial charge in [-0.3, -0.25) is 4.99 Å². The van der Waals surface area contributed by atoms with Crippen LogP contribution in [-0.4, -0.2) is 17.6 Å². The Morgan fingerprint density at radius 1 is 1.27 bits per heavy atom. The van der Waals surface area contributed by atoms with Crippen molar-refractivity contribution in [3.63, 3.8) is 0 Å². The first-order chi connectivity index (χ1) is 6.74. The first-order valence-electron chi connectivity index (χ1n) is 4.96.